The number of nitrogens with two attached hydrogens (primary N) is 1. The topological polar surface area (TPSA) is 115 Å². The van der Waals surface area contributed by atoms with Crippen LogP contribution in [0.1, 0.15) is 61.8 Å². The van der Waals surface area contributed by atoms with E-state index in [0.717, 1.165) is 55.8 Å². The fourth-order valence-corrected chi connectivity index (χ4v) is 8.06. The molecule has 3 fully saturated rings. The number of ether oxygens (including phenoxy) is 1. The molecule has 1 aromatic heterocycles. The normalized spacial score (nSPS) is 22.6. The largest absolute Gasteiger partial charge is 0.462 e. The highest BCUT2D eigenvalue weighted by Crippen LogP contribution is 2.36. The molecule has 3 aromatic rings. The highest BCUT2D eigenvalue weighted by molar-refractivity contribution is 5.97. The molecule has 7 rings (SSSR count). The Morgan fingerprint density at radius 3 is 2.62 bits per heavy atom. The summed E-state index contributed by atoms with van der Waals surface area (Å²) in [6, 6.07) is 15.8. The highest BCUT2D eigenvalue weighted by atomic mass is 16.5. The Bertz CT molecular complexity index is 1650. The van der Waals surface area contributed by atoms with Crippen LogP contribution < -0.4 is 20.3 Å². The molecule has 1 amide bonds. The molecule has 4 aliphatic rings. The second kappa shape index (κ2) is 13.7. The third-order valence-electron chi connectivity index (χ3n) is 11.1. The van der Waals surface area contributed by atoms with E-state index in [2.05, 4.69) is 71.1 Å². The van der Waals surface area contributed by atoms with Crippen molar-refractivity contribution in [3.05, 3.63) is 53.2 Å². The predicted molar refractivity (Wildman–Crippen MR) is 184 cm³/mol. The standard InChI is InChI=1S/C37H48N8O2/c1-25-7-3-10-27-11-5-13-33(35(25)27)43-18-15-30-32(23-43)40-37(47-24-29-12-6-17-42(29)2)41-36(30)44-19-20-45(28(22-44)14-16-38)34(46)21-31(39)26-8-4-9-26/h3,5,7,10-11,13,26,28-29,31H,4,6,8-9,12,14-15,17-24,39H2,1-2H3/t28-,29-,31-/m0/s1. The fraction of sp³-hybridized carbons (Fsp3) is 0.568. The van der Waals surface area contributed by atoms with Crippen LogP contribution in [0.2, 0.25) is 0 Å². The first-order valence-electron chi connectivity index (χ1n) is 17.5. The Morgan fingerprint density at radius 1 is 1.04 bits per heavy atom. The van der Waals surface area contributed by atoms with Crippen molar-refractivity contribution in [2.24, 2.45) is 11.7 Å². The van der Waals surface area contributed by atoms with E-state index in [1.54, 1.807) is 0 Å². The number of amides is 1. The summed E-state index contributed by atoms with van der Waals surface area (Å²) in [5, 5.41) is 12.3. The fourth-order valence-electron chi connectivity index (χ4n) is 8.06. The number of carbonyl (C=O) groups is 1. The number of aromatic nitrogens is 2. The van der Waals surface area contributed by atoms with E-state index < -0.39 is 0 Å². The molecule has 1 saturated carbocycles. The number of piperazine rings is 1. The second-order valence-electron chi connectivity index (χ2n) is 14.1. The van der Waals surface area contributed by atoms with Crippen LogP contribution in [0.15, 0.2) is 36.4 Å². The van der Waals surface area contributed by atoms with E-state index in [9.17, 15) is 10.1 Å². The average molecular weight is 637 g/mol. The molecule has 2 aromatic carbocycles. The molecule has 2 saturated heterocycles. The second-order valence-corrected chi connectivity index (χ2v) is 14.1. The summed E-state index contributed by atoms with van der Waals surface area (Å²) in [6.07, 6.45) is 7.15. The molecule has 1 aliphatic carbocycles. The number of hydrogen-bond donors (Lipinski definition) is 1. The molecule has 3 aliphatic heterocycles. The number of carbonyl (C=O) groups excluding carboxylic acids is 1. The minimum absolute atomic E-state index is 0.0692. The highest BCUT2D eigenvalue weighted by Gasteiger charge is 2.36. The lowest BCUT2D eigenvalue weighted by atomic mass is 9.79. The van der Waals surface area contributed by atoms with Crippen LogP contribution >= 0.6 is 0 Å². The summed E-state index contributed by atoms with van der Waals surface area (Å²) >= 11 is 0. The first-order valence-corrected chi connectivity index (χ1v) is 17.5. The number of aryl methyl sites for hydroxylation is 1. The maximum atomic E-state index is 13.5. The molecule has 0 spiro atoms. The molecular formula is C37H48N8O2. The molecular weight excluding hydrogens is 588 g/mol. The van der Waals surface area contributed by atoms with Crippen LogP contribution in [0.5, 0.6) is 6.01 Å². The Morgan fingerprint density at radius 2 is 1.87 bits per heavy atom. The summed E-state index contributed by atoms with van der Waals surface area (Å²) in [4.78, 5) is 32.5. The van der Waals surface area contributed by atoms with Crippen molar-refractivity contribution in [3.8, 4) is 12.1 Å². The third-order valence-corrected chi connectivity index (χ3v) is 11.1. The molecule has 0 radical (unpaired) electrons. The lowest BCUT2D eigenvalue weighted by Gasteiger charge is -2.43. The number of benzene rings is 2. The number of nitrogens with zero attached hydrogens (tertiary/aromatic N) is 7. The monoisotopic (exact) mass is 636 g/mol. The van der Waals surface area contributed by atoms with E-state index in [-0.39, 0.29) is 24.4 Å². The van der Waals surface area contributed by atoms with Gasteiger partial charge in [-0.1, -0.05) is 36.8 Å². The van der Waals surface area contributed by atoms with Gasteiger partial charge in [-0.15, -0.1) is 0 Å². The Kier molecular flexibility index (Phi) is 9.20. The third kappa shape index (κ3) is 6.48. The number of rotatable bonds is 9. The zero-order chi connectivity index (χ0) is 32.5. The van der Waals surface area contributed by atoms with Gasteiger partial charge in [0.1, 0.15) is 12.4 Å². The number of nitriles is 1. The molecule has 2 N–H and O–H groups in total. The first kappa shape index (κ1) is 31.6. The number of hydrogen-bond acceptors (Lipinski definition) is 9. The number of likely N-dealkylation sites (tertiary alicyclic amines) is 1. The van der Waals surface area contributed by atoms with Gasteiger partial charge in [0.2, 0.25) is 5.91 Å². The molecule has 3 atom stereocenters. The summed E-state index contributed by atoms with van der Waals surface area (Å²) in [5.74, 6) is 1.40. The molecule has 47 heavy (non-hydrogen) atoms. The molecule has 4 heterocycles. The summed E-state index contributed by atoms with van der Waals surface area (Å²) < 4.78 is 6.36. The SMILES string of the molecule is Cc1cccc2cccc(N3CCc4c(nc(OC[C@@H]5CCCN5C)nc4N4CCN(C(=O)C[C@H](N)C5CCC5)[C@@H](CC#N)C4)C3)c12. The lowest BCUT2D eigenvalue weighted by molar-refractivity contribution is -0.134. The van der Waals surface area contributed by atoms with Crippen molar-refractivity contribution in [3.63, 3.8) is 0 Å². The van der Waals surface area contributed by atoms with Crippen molar-refractivity contribution in [1.82, 2.24) is 19.8 Å². The Labute approximate surface area is 278 Å². The van der Waals surface area contributed by atoms with E-state index in [0.29, 0.717) is 57.2 Å². The van der Waals surface area contributed by atoms with Crippen molar-refractivity contribution < 1.29 is 9.53 Å². The van der Waals surface area contributed by atoms with Crippen molar-refractivity contribution in [1.29, 1.82) is 5.26 Å². The van der Waals surface area contributed by atoms with Gasteiger partial charge in [-0.3, -0.25) is 4.79 Å². The van der Waals surface area contributed by atoms with Gasteiger partial charge < -0.3 is 30.1 Å². The van der Waals surface area contributed by atoms with Crippen LogP contribution in [0, 0.1) is 24.2 Å². The van der Waals surface area contributed by atoms with Gasteiger partial charge in [0.25, 0.3) is 0 Å². The van der Waals surface area contributed by atoms with E-state index in [4.69, 9.17) is 20.4 Å². The van der Waals surface area contributed by atoms with Crippen LogP contribution in [0.25, 0.3) is 10.8 Å². The van der Waals surface area contributed by atoms with Gasteiger partial charge in [0.05, 0.1) is 30.8 Å². The van der Waals surface area contributed by atoms with Crippen LogP contribution in [0.3, 0.4) is 0 Å². The smallest absolute Gasteiger partial charge is 0.318 e. The Hall–Kier alpha value is -3.94. The van der Waals surface area contributed by atoms with Gasteiger partial charge in [-0.05, 0) is 75.6 Å². The lowest BCUT2D eigenvalue weighted by Crippen LogP contribution is -2.56. The predicted octanol–water partition coefficient (Wildman–Crippen LogP) is 4.42. The molecule has 0 bridgehead atoms. The minimum Gasteiger partial charge on any atom is -0.462 e. The molecule has 10 nitrogen and oxygen atoms in total. The number of fused-ring (bicyclic) bond motifs is 2. The first-order chi connectivity index (χ1) is 22.9. The summed E-state index contributed by atoms with van der Waals surface area (Å²) in [6.45, 7) is 7.08. The van der Waals surface area contributed by atoms with Gasteiger partial charge >= 0.3 is 6.01 Å². The van der Waals surface area contributed by atoms with E-state index in [1.807, 2.05) is 4.90 Å². The summed E-state index contributed by atoms with van der Waals surface area (Å²) in [5.41, 5.74) is 11.1. The van der Waals surface area contributed by atoms with Crippen LogP contribution in [-0.4, -0.2) is 90.2 Å². The van der Waals surface area contributed by atoms with E-state index in [1.165, 1.54) is 34.9 Å². The maximum absolute atomic E-state index is 13.5. The zero-order valence-electron chi connectivity index (χ0n) is 27.9. The van der Waals surface area contributed by atoms with Crippen molar-refractivity contribution in [2.75, 3.05) is 56.2 Å². The maximum Gasteiger partial charge on any atom is 0.318 e. The summed E-state index contributed by atoms with van der Waals surface area (Å²) in [7, 11) is 2.15. The van der Waals surface area contributed by atoms with Crippen molar-refractivity contribution in [2.45, 2.75) is 83.0 Å². The quantitative estimate of drug-likeness (QED) is 0.365. The molecule has 0 unspecified atom stereocenters. The zero-order valence-corrected chi connectivity index (χ0v) is 27.9. The molecule has 10 heteroatoms. The van der Waals surface area contributed by atoms with Crippen molar-refractivity contribution >= 4 is 28.2 Å². The van der Waals surface area contributed by atoms with Gasteiger partial charge in [-0.25, -0.2) is 0 Å². The Balaban J connectivity index is 1.16. The van der Waals surface area contributed by atoms with Gasteiger partial charge in [-0.2, -0.15) is 15.2 Å². The molecule has 248 valence electrons. The minimum atomic E-state index is -0.212. The van der Waals surface area contributed by atoms with Gasteiger partial charge in [0, 0.05) is 61.3 Å². The van der Waals surface area contributed by atoms with Crippen LogP contribution in [0.4, 0.5) is 11.5 Å². The van der Waals surface area contributed by atoms with Gasteiger partial charge in [0.15, 0.2) is 0 Å². The van der Waals surface area contributed by atoms with Crippen LogP contribution in [-0.2, 0) is 17.8 Å². The van der Waals surface area contributed by atoms with E-state index >= 15 is 0 Å². The average Bonchev–Trinajstić information content (AvgIpc) is 3.46. The number of likely N-dealkylation sites (N-methyl/N-ethyl adjacent to an activating group) is 1. The number of anilines is 2.